The zero-order valence-electron chi connectivity index (χ0n) is 12.9. The van der Waals surface area contributed by atoms with Crippen molar-refractivity contribution in [1.82, 2.24) is 4.31 Å². The summed E-state index contributed by atoms with van der Waals surface area (Å²) >= 11 is 0. The Bertz CT molecular complexity index is 645. The third-order valence-electron chi connectivity index (χ3n) is 3.02. The minimum Gasteiger partial charge on any atom is -0.325 e. The van der Waals surface area contributed by atoms with Gasteiger partial charge >= 0.3 is 6.18 Å². The van der Waals surface area contributed by atoms with Crippen molar-refractivity contribution >= 4 is 21.6 Å². The molecule has 1 rings (SSSR count). The highest BCUT2D eigenvalue weighted by Crippen LogP contribution is 2.30. The summed E-state index contributed by atoms with van der Waals surface area (Å²) in [5.74, 6) is -0.689. The van der Waals surface area contributed by atoms with Gasteiger partial charge in [-0.15, -0.1) is 0 Å². The van der Waals surface area contributed by atoms with Gasteiger partial charge in [0.15, 0.2) is 0 Å². The number of unbranched alkanes of at least 4 members (excludes halogenated alkanes) is 1. The first-order valence-electron chi connectivity index (χ1n) is 6.96. The molecule has 0 saturated heterocycles. The van der Waals surface area contributed by atoms with E-state index >= 15 is 0 Å². The van der Waals surface area contributed by atoms with Crippen LogP contribution in [0.5, 0.6) is 0 Å². The molecule has 1 aromatic rings. The Balaban J connectivity index is 2.79. The molecule has 0 radical (unpaired) electrons. The monoisotopic (exact) mass is 352 g/mol. The molecule has 0 heterocycles. The molecule has 0 bridgehead atoms. The van der Waals surface area contributed by atoms with Crippen LogP contribution in [0.2, 0.25) is 0 Å². The molecule has 1 aromatic carbocycles. The minimum atomic E-state index is -4.51. The van der Waals surface area contributed by atoms with Crippen LogP contribution >= 0.6 is 0 Å². The van der Waals surface area contributed by atoms with Crippen molar-refractivity contribution in [3.8, 4) is 0 Å². The third-order valence-corrected chi connectivity index (χ3v) is 4.27. The van der Waals surface area contributed by atoms with Crippen LogP contribution in [-0.2, 0) is 21.0 Å². The first-order valence-corrected chi connectivity index (χ1v) is 8.81. The van der Waals surface area contributed by atoms with Crippen LogP contribution in [-0.4, -0.2) is 38.0 Å². The fraction of sp³-hybridized carbons (Fsp3) is 0.500. The smallest absolute Gasteiger partial charge is 0.325 e. The lowest BCUT2D eigenvalue weighted by Crippen LogP contribution is -2.38. The number of anilines is 1. The van der Waals surface area contributed by atoms with Crippen molar-refractivity contribution in [2.45, 2.75) is 25.9 Å². The predicted octanol–water partition coefficient (Wildman–Crippen LogP) is 2.71. The predicted molar refractivity (Wildman–Crippen MR) is 81.4 cm³/mol. The van der Waals surface area contributed by atoms with E-state index in [0.29, 0.717) is 6.42 Å². The molecule has 0 atom stereocenters. The van der Waals surface area contributed by atoms with Crippen LogP contribution in [0.15, 0.2) is 24.3 Å². The SMILES string of the molecule is CCCCN(CC(=O)Nc1cccc(C(F)(F)F)c1)S(C)(=O)=O. The van der Waals surface area contributed by atoms with Crippen LogP contribution in [0.1, 0.15) is 25.3 Å². The molecule has 23 heavy (non-hydrogen) atoms. The second-order valence-corrected chi connectivity index (χ2v) is 7.06. The number of carbonyl (C=O) groups excluding carboxylic acids is 1. The summed E-state index contributed by atoms with van der Waals surface area (Å²) in [5, 5.41) is 2.29. The maximum absolute atomic E-state index is 12.6. The molecule has 0 aliphatic carbocycles. The summed E-state index contributed by atoms with van der Waals surface area (Å²) in [6.07, 6.45) is -2.19. The van der Waals surface area contributed by atoms with Crippen molar-refractivity contribution < 1.29 is 26.4 Å². The quantitative estimate of drug-likeness (QED) is 0.820. The van der Waals surface area contributed by atoms with Gasteiger partial charge in [-0.2, -0.15) is 17.5 Å². The minimum absolute atomic E-state index is 0.0335. The Hall–Kier alpha value is -1.61. The molecule has 0 saturated carbocycles. The number of halogens is 3. The van der Waals surface area contributed by atoms with Gasteiger partial charge in [-0.3, -0.25) is 4.79 Å². The van der Waals surface area contributed by atoms with E-state index in [9.17, 15) is 26.4 Å². The standard InChI is InChI=1S/C14H19F3N2O3S/c1-3-4-8-19(23(2,21)22)10-13(20)18-12-7-5-6-11(9-12)14(15,16)17/h5-7,9H,3-4,8,10H2,1-2H3,(H,18,20). The van der Waals surface area contributed by atoms with Gasteiger partial charge in [-0.1, -0.05) is 19.4 Å². The van der Waals surface area contributed by atoms with E-state index in [1.807, 2.05) is 6.92 Å². The Morgan fingerprint density at radius 2 is 1.96 bits per heavy atom. The Kier molecular flexibility index (Phi) is 6.57. The molecule has 0 aromatic heterocycles. The van der Waals surface area contributed by atoms with Gasteiger partial charge in [0.25, 0.3) is 0 Å². The van der Waals surface area contributed by atoms with Gasteiger partial charge in [-0.05, 0) is 24.6 Å². The van der Waals surface area contributed by atoms with Crippen molar-refractivity contribution in [2.75, 3.05) is 24.7 Å². The van der Waals surface area contributed by atoms with E-state index in [1.54, 1.807) is 0 Å². The van der Waals surface area contributed by atoms with E-state index in [0.717, 1.165) is 29.1 Å². The molecule has 5 nitrogen and oxygen atoms in total. The molecule has 0 fully saturated rings. The number of alkyl halides is 3. The second kappa shape index (κ2) is 7.78. The summed E-state index contributed by atoms with van der Waals surface area (Å²) in [4.78, 5) is 11.9. The lowest BCUT2D eigenvalue weighted by atomic mass is 10.2. The molecule has 0 spiro atoms. The molecular weight excluding hydrogens is 333 g/mol. The summed E-state index contributed by atoms with van der Waals surface area (Å²) in [5.41, 5.74) is -0.921. The molecule has 1 amide bonds. The molecular formula is C14H19F3N2O3S. The zero-order chi connectivity index (χ0) is 17.7. The molecule has 0 unspecified atom stereocenters. The van der Waals surface area contributed by atoms with Crippen LogP contribution in [0.25, 0.3) is 0 Å². The average Bonchev–Trinajstić information content (AvgIpc) is 2.41. The van der Waals surface area contributed by atoms with E-state index in [-0.39, 0.29) is 12.2 Å². The molecule has 0 aliphatic rings. The summed E-state index contributed by atoms with van der Waals surface area (Å²) < 4.78 is 62.0. The molecule has 1 N–H and O–H groups in total. The fourth-order valence-electron chi connectivity index (χ4n) is 1.83. The van der Waals surface area contributed by atoms with Crippen molar-refractivity contribution in [2.24, 2.45) is 0 Å². The van der Waals surface area contributed by atoms with Crippen LogP contribution in [0.4, 0.5) is 18.9 Å². The van der Waals surface area contributed by atoms with Crippen LogP contribution in [0, 0.1) is 0 Å². The number of hydrogen-bond acceptors (Lipinski definition) is 3. The molecule has 9 heteroatoms. The normalized spacial score (nSPS) is 12.4. The van der Waals surface area contributed by atoms with Crippen molar-refractivity contribution in [1.29, 1.82) is 0 Å². The summed E-state index contributed by atoms with van der Waals surface area (Å²) in [6.45, 7) is 1.63. The topological polar surface area (TPSA) is 66.5 Å². The number of amides is 1. The number of nitrogens with zero attached hydrogens (tertiary/aromatic N) is 1. The molecule has 0 aliphatic heterocycles. The number of hydrogen-bond donors (Lipinski definition) is 1. The highest BCUT2D eigenvalue weighted by Gasteiger charge is 2.30. The first kappa shape index (κ1) is 19.4. The average molecular weight is 352 g/mol. The second-order valence-electron chi connectivity index (χ2n) is 5.08. The first-order chi connectivity index (χ1) is 10.5. The number of rotatable bonds is 7. The Morgan fingerprint density at radius 1 is 1.30 bits per heavy atom. The molecule has 130 valence electrons. The Labute approximate surface area is 133 Å². The number of nitrogens with one attached hydrogen (secondary N) is 1. The summed E-state index contributed by atoms with van der Waals surface area (Å²) in [6, 6.07) is 4.17. The third kappa shape index (κ3) is 6.57. The number of benzene rings is 1. The Morgan fingerprint density at radius 3 is 2.48 bits per heavy atom. The fourth-order valence-corrected chi connectivity index (χ4v) is 2.64. The zero-order valence-corrected chi connectivity index (χ0v) is 13.7. The lowest BCUT2D eigenvalue weighted by molar-refractivity contribution is -0.137. The number of sulfonamides is 1. The van der Waals surface area contributed by atoms with E-state index in [2.05, 4.69) is 5.32 Å². The van der Waals surface area contributed by atoms with E-state index in [4.69, 9.17) is 0 Å². The van der Waals surface area contributed by atoms with E-state index in [1.165, 1.54) is 12.1 Å². The van der Waals surface area contributed by atoms with Crippen molar-refractivity contribution in [3.63, 3.8) is 0 Å². The highest BCUT2D eigenvalue weighted by molar-refractivity contribution is 7.88. The van der Waals surface area contributed by atoms with Gasteiger partial charge in [0.2, 0.25) is 15.9 Å². The number of carbonyl (C=O) groups is 1. The van der Waals surface area contributed by atoms with Crippen LogP contribution < -0.4 is 5.32 Å². The largest absolute Gasteiger partial charge is 0.416 e. The highest BCUT2D eigenvalue weighted by atomic mass is 32.2. The van der Waals surface area contributed by atoms with Gasteiger partial charge in [0.1, 0.15) is 0 Å². The summed E-state index contributed by atoms with van der Waals surface area (Å²) in [7, 11) is -3.56. The van der Waals surface area contributed by atoms with Gasteiger partial charge < -0.3 is 5.32 Å². The van der Waals surface area contributed by atoms with E-state index < -0.39 is 34.2 Å². The van der Waals surface area contributed by atoms with Crippen molar-refractivity contribution in [3.05, 3.63) is 29.8 Å². The van der Waals surface area contributed by atoms with Gasteiger partial charge in [0, 0.05) is 12.2 Å². The maximum Gasteiger partial charge on any atom is 0.416 e. The van der Waals surface area contributed by atoms with Gasteiger partial charge in [-0.25, -0.2) is 8.42 Å². The lowest BCUT2D eigenvalue weighted by Gasteiger charge is -2.19. The van der Waals surface area contributed by atoms with Gasteiger partial charge in [0.05, 0.1) is 18.4 Å². The van der Waals surface area contributed by atoms with Crippen LogP contribution in [0.3, 0.4) is 0 Å². The maximum atomic E-state index is 12.6.